The van der Waals surface area contributed by atoms with Crippen molar-refractivity contribution in [3.63, 3.8) is 0 Å². The van der Waals surface area contributed by atoms with Crippen LogP contribution in [0.1, 0.15) is 38.8 Å². The van der Waals surface area contributed by atoms with Gasteiger partial charge in [-0.1, -0.05) is 6.07 Å². The maximum atomic E-state index is 12.4. The summed E-state index contributed by atoms with van der Waals surface area (Å²) in [6.07, 6.45) is 1.89. The molecular weight excluding hydrogens is 434 g/mol. The van der Waals surface area contributed by atoms with Crippen LogP contribution < -0.4 is 4.90 Å². The molecule has 0 aliphatic carbocycles. The van der Waals surface area contributed by atoms with Crippen molar-refractivity contribution in [2.45, 2.75) is 46.4 Å². The van der Waals surface area contributed by atoms with E-state index in [1.165, 1.54) is 7.11 Å². The summed E-state index contributed by atoms with van der Waals surface area (Å²) in [5, 5.41) is 0. The Balaban J connectivity index is 3.41. The Hall–Kier alpha value is -1.69. The van der Waals surface area contributed by atoms with E-state index in [0.717, 1.165) is 12.5 Å². The summed E-state index contributed by atoms with van der Waals surface area (Å²) in [4.78, 5) is 14.2. The van der Waals surface area contributed by atoms with Crippen LogP contribution in [-0.2, 0) is 51.3 Å². The molecule has 0 fully saturated rings. The summed E-state index contributed by atoms with van der Waals surface area (Å²) in [5.74, 6) is -0.392. The number of carbonyl (C=O) groups excluding carboxylic acids is 1. The second-order valence-electron chi connectivity index (χ2n) is 8.17. The second kappa shape index (κ2) is 9.21. The SMILES string of the molecule is COC(=O)C(C)(C)C(C)(C)N(C)c1cc(COS(C)(=O)=O)cc(COS(C)(=O)=O)c1. The lowest BCUT2D eigenvalue weighted by molar-refractivity contribution is -0.154. The standard InChI is InChI=1S/C19H31NO8S2/c1-18(2,17(21)26-6)19(3,4)20(5)16-10-14(12-27-29(7,22)23)9-15(11-16)13-28-30(8,24)25/h9-11H,12-13H2,1-8H3. The number of esters is 1. The number of rotatable bonds is 10. The quantitative estimate of drug-likeness (QED) is 0.378. The molecule has 1 rings (SSSR count). The normalized spacial score (nSPS) is 13.2. The molecule has 172 valence electrons. The van der Waals surface area contributed by atoms with Gasteiger partial charge in [0.15, 0.2) is 0 Å². The lowest BCUT2D eigenvalue weighted by atomic mass is 9.73. The lowest BCUT2D eigenvalue weighted by Crippen LogP contribution is -2.56. The van der Waals surface area contributed by atoms with Crippen LogP contribution in [-0.4, -0.2) is 55.0 Å². The molecule has 11 heteroatoms. The summed E-state index contributed by atoms with van der Waals surface area (Å²) >= 11 is 0. The van der Waals surface area contributed by atoms with Crippen molar-refractivity contribution >= 4 is 31.9 Å². The van der Waals surface area contributed by atoms with Gasteiger partial charge in [-0.05, 0) is 51.0 Å². The highest BCUT2D eigenvalue weighted by molar-refractivity contribution is 7.86. The van der Waals surface area contributed by atoms with Crippen molar-refractivity contribution < 1.29 is 34.7 Å². The highest BCUT2D eigenvalue weighted by Crippen LogP contribution is 2.39. The van der Waals surface area contributed by atoms with Crippen LogP contribution >= 0.6 is 0 Å². The van der Waals surface area contributed by atoms with Gasteiger partial charge in [-0.15, -0.1) is 0 Å². The van der Waals surface area contributed by atoms with E-state index in [1.807, 2.05) is 18.7 Å². The number of methoxy groups -OCH3 is 1. The predicted molar refractivity (Wildman–Crippen MR) is 114 cm³/mol. The van der Waals surface area contributed by atoms with Gasteiger partial charge >= 0.3 is 5.97 Å². The van der Waals surface area contributed by atoms with Crippen LogP contribution in [0.25, 0.3) is 0 Å². The van der Waals surface area contributed by atoms with Gasteiger partial charge in [-0.3, -0.25) is 13.2 Å². The fourth-order valence-electron chi connectivity index (χ4n) is 2.70. The molecule has 0 N–H and O–H groups in total. The minimum absolute atomic E-state index is 0.229. The van der Waals surface area contributed by atoms with Gasteiger partial charge < -0.3 is 9.64 Å². The number of nitrogens with zero attached hydrogens (tertiary/aromatic N) is 1. The number of anilines is 1. The third kappa shape index (κ3) is 6.93. The molecular formula is C19H31NO8S2. The first-order valence-corrected chi connectivity index (χ1v) is 12.7. The fourth-order valence-corrected chi connectivity index (χ4v) is 3.40. The van der Waals surface area contributed by atoms with Crippen molar-refractivity contribution in [1.82, 2.24) is 0 Å². The monoisotopic (exact) mass is 465 g/mol. The Bertz CT molecular complexity index is 928. The molecule has 0 amide bonds. The molecule has 0 atom stereocenters. The van der Waals surface area contributed by atoms with E-state index in [1.54, 1.807) is 39.1 Å². The largest absolute Gasteiger partial charge is 0.469 e. The van der Waals surface area contributed by atoms with Crippen LogP contribution in [0.2, 0.25) is 0 Å². The topological polar surface area (TPSA) is 116 Å². The van der Waals surface area contributed by atoms with Crippen LogP contribution in [0.15, 0.2) is 18.2 Å². The predicted octanol–water partition coefficient (Wildman–Crippen LogP) is 2.05. The highest BCUT2D eigenvalue weighted by Gasteiger charge is 2.47. The number of carbonyl (C=O) groups is 1. The van der Waals surface area contributed by atoms with Gasteiger partial charge in [0.05, 0.1) is 38.3 Å². The molecule has 9 nitrogen and oxygen atoms in total. The summed E-state index contributed by atoms with van der Waals surface area (Å²) in [5.41, 5.74) is -0.00402. The minimum Gasteiger partial charge on any atom is -0.469 e. The Morgan fingerprint density at radius 3 is 1.63 bits per heavy atom. The first-order chi connectivity index (χ1) is 13.4. The summed E-state index contributed by atoms with van der Waals surface area (Å²) in [7, 11) is -4.24. The molecule has 0 aliphatic heterocycles. The molecule has 0 bridgehead atoms. The minimum atomic E-state index is -3.67. The Morgan fingerprint density at radius 1 is 0.900 bits per heavy atom. The van der Waals surface area contributed by atoms with E-state index >= 15 is 0 Å². The van der Waals surface area contributed by atoms with Crippen LogP contribution in [0, 0.1) is 5.41 Å². The molecule has 0 spiro atoms. The van der Waals surface area contributed by atoms with Crippen molar-refractivity contribution in [2.75, 3.05) is 31.6 Å². The smallest absolute Gasteiger partial charge is 0.313 e. The molecule has 1 aromatic rings. The molecule has 0 heterocycles. The third-order valence-electron chi connectivity index (χ3n) is 5.37. The second-order valence-corrected chi connectivity index (χ2v) is 11.5. The average molecular weight is 466 g/mol. The van der Waals surface area contributed by atoms with Gasteiger partial charge in [-0.25, -0.2) is 0 Å². The van der Waals surface area contributed by atoms with E-state index in [9.17, 15) is 21.6 Å². The van der Waals surface area contributed by atoms with Crippen LogP contribution in [0.3, 0.4) is 0 Å². The third-order valence-corrected chi connectivity index (χ3v) is 6.46. The molecule has 0 aliphatic rings. The van der Waals surface area contributed by atoms with Crippen molar-refractivity contribution in [1.29, 1.82) is 0 Å². The molecule has 0 unspecified atom stereocenters. The van der Waals surface area contributed by atoms with Crippen molar-refractivity contribution in [2.24, 2.45) is 5.41 Å². The Kier molecular flexibility index (Phi) is 8.09. The van der Waals surface area contributed by atoms with Crippen molar-refractivity contribution in [3.05, 3.63) is 29.3 Å². The summed E-state index contributed by atoms with van der Waals surface area (Å²) < 4.78 is 60.2. The fraction of sp³-hybridized carbons (Fsp3) is 0.632. The highest BCUT2D eigenvalue weighted by atomic mass is 32.2. The van der Waals surface area contributed by atoms with Gasteiger partial charge in [0.2, 0.25) is 0 Å². The zero-order valence-electron chi connectivity index (χ0n) is 18.7. The number of benzene rings is 1. The van der Waals surface area contributed by atoms with Gasteiger partial charge in [0.1, 0.15) is 0 Å². The van der Waals surface area contributed by atoms with Crippen LogP contribution in [0.5, 0.6) is 0 Å². The first kappa shape index (κ1) is 26.3. The van der Waals surface area contributed by atoms with Crippen molar-refractivity contribution in [3.8, 4) is 0 Å². The molecule has 30 heavy (non-hydrogen) atoms. The van der Waals surface area contributed by atoms with E-state index < -0.39 is 37.2 Å². The summed E-state index contributed by atoms with van der Waals surface area (Å²) in [6, 6.07) is 5.03. The lowest BCUT2D eigenvalue weighted by Gasteiger charge is -2.47. The maximum Gasteiger partial charge on any atom is 0.313 e. The van der Waals surface area contributed by atoms with E-state index in [-0.39, 0.29) is 13.2 Å². The molecule has 0 aromatic heterocycles. The zero-order chi connectivity index (χ0) is 23.5. The van der Waals surface area contributed by atoms with E-state index in [4.69, 9.17) is 13.1 Å². The molecule has 0 saturated heterocycles. The van der Waals surface area contributed by atoms with Gasteiger partial charge in [0, 0.05) is 18.3 Å². The Morgan fingerprint density at radius 2 is 1.30 bits per heavy atom. The Labute approximate surface area is 179 Å². The molecule has 0 radical (unpaired) electrons. The van der Waals surface area contributed by atoms with E-state index in [2.05, 4.69) is 0 Å². The first-order valence-electron chi connectivity index (χ1n) is 9.04. The van der Waals surface area contributed by atoms with Crippen LogP contribution in [0.4, 0.5) is 5.69 Å². The molecule has 1 aromatic carbocycles. The number of ether oxygens (including phenoxy) is 1. The van der Waals surface area contributed by atoms with Gasteiger partial charge in [-0.2, -0.15) is 16.8 Å². The number of hydrogen-bond acceptors (Lipinski definition) is 9. The number of hydrogen-bond donors (Lipinski definition) is 0. The van der Waals surface area contributed by atoms with E-state index in [0.29, 0.717) is 16.8 Å². The van der Waals surface area contributed by atoms with Gasteiger partial charge in [0.25, 0.3) is 20.2 Å². The summed E-state index contributed by atoms with van der Waals surface area (Å²) in [6.45, 7) is 6.81. The zero-order valence-corrected chi connectivity index (χ0v) is 20.3. The average Bonchev–Trinajstić information content (AvgIpc) is 2.61. The maximum absolute atomic E-state index is 12.4. The molecule has 0 saturated carbocycles.